The zero-order valence-corrected chi connectivity index (χ0v) is 18.4. The third-order valence-corrected chi connectivity index (χ3v) is 4.58. The van der Waals surface area contributed by atoms with Gasteiger partial charge in [-0.25, -0.2) is 0 Å². The Morgan fingerprint density at radius 3 is 2.56 bits per heavy atom. The molecule has 25 heavy (non-hydrogen) atoms. The molecule has 6 heteroatoms. The number of hydrogen-bond acceptors (Lipinski definition) is 3. The average Bonchev–Trinajstić information content (AvgIpc) is 3.02. The van der Waals surface area contributed by atoms with Crippen molar-refractivity contribution in [1.82, 2.24) is 10.6 Å². The molecule has 2 rings (SSSR count). The van der Waals surface area contributed by atoms with E-state index in [1.165, 1.54) is 5.69 Å². The van der Waals surface area contributed by atoms with Crippen molar-refractivity contribution in [2.24, 2.45) is 10.4 Å². The van der Waals surface area contributed by atoms with Gasteiger partial charge in [-0.1, -0.05) is 39.0 Å². The minimum absolute atomic E-state index is 0. The first-order valence-corrected chi connectivity index (χ1v) is 8.74. The van der Waals surface area contributed by atoms with Crippen LogP contribution in [0.25, 0.3) is 0 Å². The van der Waals surface area contributed by atoms with E-state index in [4.69, 9.17) is 4.74 Å². The predicted octanol–water partition coefficient (Wildman–Crippen LogP) is 3.11. The van der Waals surface area contributed by atoms with Gasteiger partial charge in [0.2, 0.25) is 0 Å². The molecule has 0 saturated carbocycles. The Hall–Kier alpha value is -1.02. The van der Waals surface area contributed by atoms with Crippen LogP contribution in [0.15, 0.2) is 35.3 Å². The van der Waals surface area contributed by atoms with E-state index in [1.54, 1.807) is 7.11 Å². The van der Waals surface area contributed by atoms with E-state index in [9.17, 15) is 0 Å². The zero-order valence-electron chi connectivity index (χ0n) is 16.1. The number of benzene rings is 1. The summed E-state index contributed by atoms with van der Waals surface area (Å²) in [5.41, 5.74) is 1.38. The lowest BCUT2D eigenvalue weighted by Crippen LogP contribution is -2.48. The first kappa shape index (κ1) is 22.0. The number of methoxy groups -OCH3 is 1. The van der Waals surface area contributed by atoms with Gasteiger partial charge in [0.1, 0.15) is 0 Å². The number of hydrogen-bond donors (Lipinski definition) is 2. The molecule has 2 atom stereocenters. The molecular formula is C19H33IN4O. The van der Waals surface area contributed by atoms with Gasteiger partial charge in [-0.3, -0.25) is 4.99 Å². The molecule has 0 aromatic heterocycles. The van der Waals surface area contributed by atoms with E-state index in [0.29, 0.717) is 6.04 Å². The number of rotatable bonds is 5. The van der Waals surface area contributed by atoms with Crippen LogP contribution >= 0.6 is 24.0 Å². The highest BCUT2D eigenvalue weighted by atomic mass is 127. The molecule has 1 heterocycles. The zero-order chi connectivity index (χ0) is 17.6. The molecule has 0 radical (unpaired) electrons. The van der Waals surface area contributed by atoms with E-state index in [0.717, 1.165) is 32.0 Å². The van der Waals surface area contributed by atoms with Gasteiger partial charge in [-0.05, 0) is 24.0 Å². The first-order valence-electron chi connectivity index (χ1n) is 8.74. The molecule has 1 aromatic carbocycles. The standard InChI is InChI=1S/C19H32N4O.HI/c1-19(2,3)17(24-5)13-21-18(20-4)22-15-11-12-23(14-15)16-9-7-6-8-10-16;/h6-10,15,17H,11-14H2,1-5H3,(H2,20,21,22);1H. The predicted molar refractivity (Wildman–Crippen MR) is 117 cm³/mol. The summed E-state index contributed by atoms with van der Waals surface area (Å²) in [7, 11) is 3.58. The second-order valence-electron chi connectivity index (χ2n) is 7.45. The number of nitrogens with one attached hydrogen (secondary N) is 2. The molecule has 5 nitrogen and oxygen atoms in total. The molecule has 0 spiro atoms. The van der Waals surface area contributed by atoms with Gasteiger partial charge in [0, 0.05) is 45.5 Å². The number of guanidine groups is 1. The Labute approximate surface area is 169 Å². The van der Waals surface area contributed by atoms with Crippen molar-refractivity contribution < 1.29 is 4.74 Å². The maximum absolute atomic E-state index is 5.60. The molecule has 1 aliphatic heterocycles. The van der Waals surface area contributed by atoms with Crippen molar-refractivity contribution in [3.63, 3.8) is 0 Å². The third-order valence-electron chi connectivity index (χ3n) is 4.58. The lowest BCUT2D eigenvalue weighted by molar-refractivity contribution is 0.0205. The van der Waals surface area contributed by atoms with E-state index < -0.39 is 0 Å². The first-order chi connectivity index (χ1) is 11.4. The lowest BCUT2D eigenvalue weighted by Gasteiger charge is -2.30. The summed E-state index contributed by atoms with van der Waals surface area (Å²) in [5.74, 6) is 0.848. The number of aliphatic imine (C=N–C) groups is 1. The van der Waals surface area contributed by atoms with Gasteiger partial charge >= 0.3 is 0 Å². The third kappa shape index (κ3) is 6.66. The van der Waals surface area contributed by atoms with Crippen LogP contribution in [0.5, 0.6) is 0 Å². The highest BCUT2D eigenvalue weighted by Gasteiger charge is 2.26. The molecule has 2 unspecified atom stereocenters. The summed E-state index contributed by atoms with van der Waals surface area (Å²) >= 11 is 0. The largest absolute Gasteiger partial charge is 0.379 e. The second-order valence-corrected chi connectivity index (χ2v) is 7.45. The Bertz CT molecular complexity index is 530. The van der Waals surface area contributed by atoms with E-state index >= 15 is 0 Å². The SMILES string of the molecule is CN=C(NCC(OC)C(C)(C)C)NC1CCN(c2ccccc2)C1.I. The molecule has 1 aliphatic rings. The smallest absolute Gasteiger partial charge is 0.191 e. The van der Waals surface area contributed by atoms with Crippen LogP contribution in [0.1, 0.15) is 27.2 Å². The fourth-order valence-electron chi connectivity index (χ4n) is 3.07. The van der Waals surface area contributed by atoms with Gasteiger partial charge in [0.15, 0.2) is 5.96 Å². The number of halogens is 1. The van der Waals surface area contributed by atoms with Crippen molar-refractivity contribution in [3.05, 3.63) is 30.3 Å². The van der Waals surface area contributed by atoms with Gasteiger partial charge in [0.05, 0.1) is 6.10 Å². The minimum atomic E-state index is 0. The normalized spacial score (nSPS) is 19.3. The summed E-state index contributed by atoms with van der Waals surface area (Å²) in [6.45, 7) is 9.38. The van der Waals surface area contributed by atoms with Crippen LogP contribution in [-0.2, 0) is 4.74 Å². The van der Waals surface area contributed by atoms with Gasteiger partial charge in [0.25, 0.3) is 0 Å². The molecule has 142 valence electrons. The minimum Gasteiger partial charge on any atom is -0.379 e. The van der Waals surface area contributed by atoms with Crippen LogP contribution < -0.4 is 15.5 Å². The topological polar surface area (TPSA) is 48.9 Å². The Balaban J connectivity index is 0.00000312. The van der Waals surface area contributed by atoms with Crippen molar-refractivity contribution in [1.29, 1.82) is 0 Å². The Morgan fingerprint density at radius 1 is 1.32 bits per heavy atom. The summed E-state index contributed by atoms with van der Waals surface area (Å²) in [6, 6.07) is 11.0. The van der Waals surface area contributed by atoms with Crippen LogP contribution in [0, 0.1) is 5.41 Å². The molecule has 1 aromatic rings. The fraction of sp³-hybridized carbons (Fsp3) is 0.632. The number of ether oxygens (including phenoxy) is 1. The molecule has 1 saturated heterocycles. The Kier molecular flexibility index (Phi) is 8.99. The van der Waals surface area contributed by atoms with E-state index in [2.05, 4.69) is 71.6 Å². The van der Waals surface area contributed by atoms with Crippen LogP contribution in [0.4, 0.5) is 5.69 Å². The molecule has 1 fully saturated rings. The molecular weight excluding hydrogens is 427 g/mol. The summed E-state index contributed by atoms with van der Waals surface area (Å²) < 4.78 is 5.60. The molecule has 0 bridgehead atoms. The lowest BCUT2D eigenvalue weighted by atomic mass is 9.89. The fourth-order valence-corrected chi connectivity index (χ4v) is 3.07. The molecule has 0 amide bonds. The second kappa shape index (κ2) is 10.2. The number of anilines is 1. The van der Waals surface area contributed by atoms with Gasteiger partial charge in [-0.2, -0.15) is 0 Å². The summed E-state index contributed by atoms with van der Waals surface area (Å²) in [4.78, 5) is 6.77. The maximum Gasteiger partial charge on any atom is 0.191 e. The van der Waals surface area contributed by atoms with Gasteiger partial charge in [-0.15, -0.1) is 24.0 Å². The summed E-state index contributed by atoms with van der Waals surface area (Å²) in [6.07, 6.45) is 1.25. The maximum atomic E-state index is 5.60. The quantitative estimate of drug-likeness (QED) is 0.403. The van der Waals surface area contributed by atoms with Crippen molar-refractivity contribution in [3.8, 4) is 0 Å². The van der Waals surface area contributed by atoms with Crippen molar-refractivity contribution >= 4 is 35.6 Å². The number of nitrogens with zero attached hydrogens (tertiary/aromatic N) is 2. The monoisotopic (exact) mass is 460 g/mol. The van der Waals surface area contributed by atoms with Gasteiger partial charge < -0.3 is 20.3 Å². The van der Waals surface area contributed by atoms with Crippen LogP contribution in [0.2, 0.25) is 0 Å². The van der Waals surface area contributed by atoms with Crippen LogP contribution in [0.3, 0.4) is 0 Å². The Morgan fingerprint density at radius 2 is 2.00 bits per heavy atom. The van der Waals surface area contributed by atoms with Crippen molar-refractivity contribution in [2.75, 3.05) is 38.7 Å². The van der Waals surface area contributed by atoms with E-state index in [-0.39, 0.29) is 35.5 Å². The number of para-hydroxylation sites is 1. The van der Waals surface area contributed by atoms with E-state index in [1.807, 2.05) is 7.05 Å². The molecule has 0 aliphatic carbocycles. The highest BCUT2D eigenvalue weighted by molar-refractivity contribution is 14.0. The van der Waals surface area contributed by atoms with Crippen LogP contribution in [-0.4, -0.2) is 51.9 Å². The summed E-state index contributed by atoms with van der Waals surface area (Å²) in [5, 5.41) is 6.94. The van der Waals surface area contributed by atoms with Crippen molar-refractivity contribution in [2.45, 2.75) is 39.3 Å². The average molecular weight is 460 g/mol. The highest BCUT2D eigenvalue weighted by Crippen LogP contribution is 2.21. The molecule has 2 N–H and O–H groups in total.